The topological polar surface area (TPSA) is 41.9 Å². The molecule has 1 saturated heterocycles. The molecule has 6 rings (SSSR count). The minimum Gasteiger partial charge on any atom is -0.389 e. The highest BCUT2D eigenvalue weighted by atomic mass is 19.2. The van der Waals surface area contributed by atoms with Gasteiger partial charge in [0, 0.05) is 19.6 Å². The maximum Gasteiger partial charge on any atom is 0.159 e. The van der Waals surface area contributed by atoms with E-state index in [1.54, 1.807) is 6.07 Å². The van der Waals surface area contributed by atoms with E-state index in [9.17, 15) is 13.9 Å². The average Bonchev–Trinajstić information content (AvgIpc) is 2.68. The minimum absolute atomic E-state index is 0.00884. The highest BCUT2D eigenvalue weighted by molar-refractivity contribution is 5.21. The van der Waals surface area contributed by atoms with E-state index in [1.807, 2.05) is 0 Å². The molecule has 2 unspecified atom stereocenters. The number of benzene rings is 1. The molecule has 1 heterocycles. The Morgan fingerprint density at radius 2 is 1.79 bits per heavy atom. The number of halogens is 2. The molecular weight excluding hydrogens is 376 g/mol. The number of ether oxygens (including phenoxy) is 2. The van der Waals surface area contributed by atoms with Crippen LogP contribution < -0.4 is 0 Å². The molecule has 4 bridgehead atoms. The molecule has 4 aliphatic carbocycles. The Labute approximate surface area is 171 Å². The van der Waals surface area contributed by atoms with Crippen LogP contribution in [-0.2, 0) is 9.47 Å². The van der Waals surface area contributed by atoms with Gasteiger partial charge in [-0.05, 0) is 74.0 Å². The summed E-state index contributed by atoms with van der Waals surface area (Å²) in [6, 6.07) is 3.91. The van der Waals surface area contributed by atoms with Gasteiger partial charge in [0.1, 0.15) is 0 Å². The summed E-state index contributed by atoms with van der Waals surface area (Å²) in [5.74, 6) is 0.782. The van der Waals surface area contributed by atoms with Crippen molar-refractivity contribution >= 4 is 0 Å². The van der Waals surface area contributed by atoms with Crippen LogP contribution >= 0.6 is 0 Å². The predicted molar refractivity (Wildman–Crippen MR) is 104 cm³/mol. The van der Waals surface area contributed by atoms with Crippen molar-refractivity contribution in [3.8, 4) is 0 Å². The summed E-state index contributed by atoms with van der Waals surface area (Å²) >= 11 is 0. The van der Waals surface area contributed by atoms with Crippen molar-refractivity contribution in [2.45, 2.75) is 56.3 Å². The van der Waals surface area contributed by atoms with Crippen LogP contribution in [0.5, 0.6) is 0 Å². The number of morpholine rings is 1. The number of aliphatic hydroxyl groups excluding tert-OH is 1. The Morgan fingerprint density at radius 3 is 2.45 bits per heavy atom. The van der Waals surface area contributed by atoms with E-state index >= 15 is 0 Å². The summed E-state index contributed by atoms with van der Waals surface area (Å²) in [4.78, 5) is 2.13. The van der Waals surface area contributed by atoms with Gasteiger partial charge in [0.25, 0.3) is 0 Å². The number of β-amino-alcohol motifs (C(OH)–C–C–N with tert-alkyl or cyclic N) is 1. The zero-order chi connectivity index (χ0) is 20.0. The molecule has 6 heteroatoms. The normalized spacial score (nSPS) is 37.8. The van der Waals surface area contributed by atoms with Crippen LogP contribution in [0.15, 0.2) is 18.2 Å². The lowest BCUT2D eigenvalue weighted by atomic mass is 9.54. The third-order valence-electron chi connectivity index (χ3n) is 7.50. The van der Waals surface area contributed by atoms with Crippen molar-refractivity contribution in [2.24, 2.45) is 17.8 Å². The summed E-state index contributed by atoms with van der Waals surface area (Å²) in [6.07, 6.45) is 6.78. The fourth-order valence-corrected chi connectivity index (χ4v) is 6.61. The number of aliphatic hydroxyl groups is 1. The van der Waals surface area contributed by atoms with Crippen LogP contribution in [0.25, 0.3) is 0 Å². The van der Waals surface area contributed by atoms with Gasteiger partial charge in [0.05, 0.1) is 31.0 Å². The lowest BCUT2D eigenvalue weighted by molar-refractivity contribution is -0.177. The summed E-state index contributed by atoms with van der Waals surface area (Å²) in [6.45, 7) is 2.66. The van der Waals surface area contributed by atoms with E-state index in [0.29, 0.717) is 38.4 Å². The fraction of sp³-hybridized carbons (Fsp3) is 0.739. The van der Waals surface area contributed by atoms with Crippen molar-refractivity contribution in [3.63, 3.8) is 0 Å². The lowest BCUT2D eigenvalue weighted by Gasteiger charge is -2.56. The first-order valence-corrected chi connectivity index (χ1v) is 11.1. The molecule has 0 amide bonds. The third-order valence-corrected chi connectivity index (χ3v) is 7.50. The van der Waals surface area contributed by atoms with Gasteiger partial charge in [-0.15, -0.1) is 0 Å². The van der Waals surface area contributed by atoms with Crippen molar-refractivity contribution in [3.05, 3.63) is 35.4 Å². The van der Waals surface area contributed by atoms with Gasteiger partial charge in [-0.25, -0.2) is 8.78 Å². The molecular formula is C23H31F2NO3. The Hall–Kier alpha value is -1.08. The van der Waals surface area contributed by atoms with E-state index in [1.165, 1.54) is 44.6 Å². The molecule has 5 aliphatic rings. The molecule has 1 aromatic carbocycles. The Bertz CT molecular complexity index is 708. The summed E-state index contributed by atoms with van der Waals surface area (Å²) in [7, 11) is 0. The van der Waals surface area contributed by atoms with Crippen LogP contribution in [0.1, 0.15) is 50.2 Å². The monoisotopic (exact) mass is 407 g/mol. The minimum atomic E-state index is -0.854. The van der Waals surface area contributed by atoms with Crippen molar-refractivity contribution in [2.75, 3.05) is 32.8 Å². The first-order chi connectivity index (χ1) is 14.0. The van der Waals surface area contributed by atoms with E-state index in [4.69, 9.17) is 9.47 Å². The molecule has 0 radical (unpaired) electrons. The van der Waals surface area contributed by atoms with Gasteiger partial charge in [0.15, 0.2) is 11.6 Å². The lowest BCUT2D eigenvalue weighted by Crippen LogP contribution is -2.53. The van der Waals surface area contributed by atoms with Crippen molar-refractivity contribution in [1.82, 2.24) is 4.90 Å². The summed E-state index contributed by atoms with van der Waals surface area (Å²) in [5, 5.41) is 10.6. The smallest absolute Gasteiger partial charge is 0.159 e. The highest BCUT2D eigenvalue weighted by Gasteiger charge is 2.51. The van der Waals surface area contributed by atoms with Crippen LogP contribution in [-0.4, -0.2) is 54.6 Å². The molecule has 29 heavy (non-hydrogen) atoms. The van der Waals surface area contributed by atoms with Gasteiger partial charge in [-0.2, -0.15) is 0 Å². The van der Waals surface area contributed by atoms with E-state index in [0.717, 1.165) is 23.8 Å². The molecule has 2 atom stereocenters. The van der Waals surface area contributed by atoms with Gasteiger partial charge >= 0.3 is 0 Å². The molecule has 0 aromatic heterocycles. The van der Waals surface area contributed by atoms with Gasteiger partial charge in [-0.1, -0.05) is 6.07 Å². The molecule has 4 saturated carbocycles. The van der Waals surface area contributed by atoms with Crippen LogP contribution in [0.4, 0.5) is 8.78 Å². The standard InChI is InChI=1S/C23H31F2NO3/c24-20-2-1-18(8-21(20)25)22-13-26(3-4-28-22)12-19(27)14-29-23-9-15-5-16(10-23)7-17(6-15)11-23/h1-2,8,15-17,19,22,27H,3-7,9-14H2. The Balaban J connectivity index is 1.14. The maximum absolute atomic E-state index is 13.6. The van der Waals surface area contributed by atoms with Crippen molar-refractivity contribution < 1.29 is 23.4 Å². The SMILES string of the molecule is OC(COC12CC3CC(CC(C3)C1)C2)CN1CCOC(c2ccc(F)c(F)c2)C1. The van der Waals surface area contributed by atoms with Gasteiger partial charge in [-0.3, -0.25) is 4.90 Å². The second-order valence-electron chi connectivity index (χ2n) is 9.86. The zero-order valence-electron chi connectivity index (χ0n) is 16.9. The van der Waals surface area contributed by atoms with Gasteiger partial charge in [0.2, 0.25) is 0 Å². The van der Waals surface area contributed by atoms with Crippen molar-refractivity contribution in [1.29, 1.82) is 0 Å². The third kappa shape index (κ3) is 4.22. The molecule has 4 nitrogen and oxygen atoms in total. The summed E-state index contributed by atoms with van der Waals surface area (Å²) in [5.41, 5.74) is 0.641. The zero-order valence-corrected chi connectivity index (χ0v) is 16.9. The Kier molecular flexibility index (Phi) is 5.39. The predicted octanol–water partition coefficient (Wildman–Crippen LogP) is 3.68. The maximum atomic E-state index is 13.6. The van der Waals surface area contributed by atoms with E-state index < -0.39 is 17.7 Å². The number of rotatable bonds is 6. The van der Waals surface area contributed by atoms with Crippen LogP contribution in [0.3, 0.4) is 0 Å². The van der Waals surface area contributed by atoms with E-state index in [2.05, 4.69) is 4.90 Å². The largest absolute Gasteiger partial charge is 0.389 e. The van der Waals surface area contributed by atoms with E-state index in [-0.39, 0.29) is 11.7 Å². The second-order valence-corrected chi connectivity index (χ2v) is 9.86. The quantitative estimate of drug-likeness (QED) is 0.781. The molecule has 1 aromatic rings. The van der Waals surface area contributed by atoms with Gasteiger partial charge < -0.3 is 14.6 Å². The average molecular weight is 408 g/mol. The molecule has 5 fully saturated rings. The fourth-order valence-electron chi connectivity index (χ4n) is 6.61. The highest BCUT2D eigenvalue weighted by Crippen LogP contribution is 2.57. The molecule has 0 spiro atoms. The molecule has 1 N–H and O–H groups in total. The first kappa shape index (κ1) is 19.9. The second kappa shape index (κ2) is 7.88. The molecule has 160 valence electrons. The van der Waals surface area contributed by atoms with Crippen LogP contribution in [0, 0.1) is 29.4 Å². The number of hydrogen-bond acceptors (Lipinski definition) is 4. The first-order valence-electron chi connectivity index (χ1n) is 11.1. The Morgan fingerprint density at radius 1 is 1.10 bits per heavy atom. The number of nitrogens with zero attached hydrogens (tertiary/aromatic N) is 1. The molecule has 1 aliphatic heterocycles. The number of hydrogen-bond donors (Lipinski definition) is 1. The summed E-state index contributed by atoms with van der Waals surface area (Å²) < 4.78 is 38.9. The van der Waals surface area contributed by atoms with Crippen LogP contribution in [0.2, 0.25) is 0 Å².